The van der Waals surface area contributed by atoms with E-state index >= 15 is 0 Å². The van der Waals surface area contributed by atoms with E-state index < -0.39 is 17.5 Å². The van der Waals surface area contributed by atoms with Gasteiger partial charge in [0, 0.05) is 34.4 Å². The van der Waals surface area contributed by atoms with Crippen molar-refractivity contribution >= 4 is 22.7 Å². The van der Waals surface area contributed by atoms with Crippen molar-refractivity contribution in [3.8, 4) is 22.8 Å². The number of aromatic nitrogens is 2. The standard InChI is InChI=1S/C25H22N4O4/c1-15-3-4-17(12-26-15)16-5-8-19(9-6-16)25(23(31)27-24(32)28-25)14-29-13-18-7-10-20(33-2)11-21(18)22(29)30/h3-13,30H,14H2,1-2H3,(H2,27,28,31,32)/t25-/m0/s1. The zero-order valence-electron chi connectivity index (χ0n) is 18.1. The van der Waals surface area contributed by atoms with Gasteiger partial charge in [0.05, 0.1) is 13.7 Å². The van der Waals surface area contributed by atoms with E-state index in [0.29, 0.717) is 16.7 Å². The lowest BCUT2D eigenvalue weighted by molar-refractivity contribution is -0.124. The van der Waals surface area contributed by atoms with E-state index in [1.165, 1.54) is 0 Å². The number of carbonyl (C=O) groups excluding carboxylic acids is 2. The number of carbonyl (C=O) groups is 2. The van der Waals surface area contributed by atoms with Crippen molar-refractivity contribution in [1.82, 2.24) is 20.2 Å². The zero-order chi connectivity index (χ0) is 23.2. The molecule has 1 atom stereocenters. The maximum absolute atomic E-state index is 13.0. The summed E-state index contributed by atoms with van der Waals surface area (Å²) < 4.78 is 6.81. The second-order valence-electron chi connectivity index (χ2n) is 8.11. The van der Waals surface area contributed by atoms with Gasteiger partial charge in [0.1, 0.15) is 5.75 Å². The summed E-state index contributed by atoms with van der Waals surface area (Å²) in [6, 6.07) is 16.1. The van der Waals surface area contributed by atoms with E-state index in [4.69, 9.17) is 4.74 Å². The van der Waals surface area contributed by atoms with Gasteiger partial charge in [0.25, 0.3) is 5.91 Å². The van der Waals surface area contributed by atoms with Crippen LogP contribution < -0.4 is 15.4 Å². The summed E-state index contributed by atoms with van der Waals surface area (Å²) in [5.41, 5.74) is 2.04. The Morgan fingerprint density at radius 3 is 2.45 bits per heavy atom. The molecule has 0 radical (unpaired) electrons. The number of benzene rings is 2. The maximum atomic E-state index is 13.0. The fourth-order valence-electron chi connectivity index (χ4n) is 4.21. The van der Waals surface area contributed by atoms with Crippen molar-refractivity contribution in [1.29, 1.82) is 0 Å². The molecule has 1 saturated heterocycles. The van der Waals surface area contributed by atoms with Crippen LogP contribution in [-0.2, 0) is 16.9 Å². The molecule has 3 amide bonds. The Bertz CT molecular complexity index is 1380. The number of nitrogens with one attached hydrogen (secondary N) is 2. The number of aryl methyl sites for hydroxylation is 1. The number of fused-ring (bicyclic) bond motifs is 1. The highest BCUT2D eigenvalue weighted by Gasteiger charge is 2.48. The zero-order valence-corrected chi connectivity index (χ0v) is 18.1. The fourth-order valence-corrected chi connectivity index (χ4v) is 4.21. The fraction of sp³-hybridized carbons (Fsp3) is 0.160. The van der Waals surface area contributed by atoms with Crippen molar-refractivity contribution in [2.45, 2.75) is 19.0 Å². The number of imide groups is 1. The van der Waals surface area contributed by atoms with Crippen LogP contribution in [0.4, 0.5) is 4.79 Å². The van der Waals surface area contributed by atoms with Crippen LogP contribution in [0.25, 0.3) is 21.9 Å². The first-order valence-corrected chi connectivity index (χ1v) is 10.4. The average Bonchev–Trinajstić information content (AvgIpc) is 3.29. The summed E-state index contributed by atoms with van der Waals surface area (Å²) in [7, 11) is 1.55. The molecule has 1 aliphatic rings. The van der Waals surface area contributed by atoms with Crippen LogP contribution in [-0.4, -0.2) is 33.7 Å². The van der Waals surface area contributed by atoms with Gasteiger partial charge in [-0.1, -0.05) is 30.3 Å². The van der Waals surface area contributed by atoms with E-state index in [0.717, 1.165) is 22.2 Å². The van der Waals surface area contributed by atoms with Gasteiger partial charge in [-0.25, -0.2) is 4.79 Å². The number of methoxy groups -OCH3 is 1. The molecule has 2 aromatic heterocycles. The van der Waals surface area contributed by atoms with Gasteiger partial charge in [0.15, 0.2) is 11.4 Å². The molecule has 0 aliphatic carbocycles. The summed E-state index contributed by atoms with van der Waals surface area (Å²) in [5, 5.41) is 17.3. The first kappa shape index (κ1) is 20.6. The molecule has 8 heteroatoms. The quantitative estimate of drug-likeness (QED) is 0.411. The lowest BCUT2D eigenvalue weighted by atomic mass is 9.88. The van der Waals surface area contributed by atoms with Crippen molar-refractivity contribution in [2.24, 2.45) is 0 Å². The minimum atomic E-state index is -1.38. The summed E-state index contributed by atoms with van der Waals surface area (Å²) in [4.78, 5) is 29.5. The number of amides is 3. The van der Waals surface area contributed by atoms with Gasteiger partial charge < -0.3 is 19.7 Å². The molecule has 1 aliphatic heterocycles. The number of urea groups is 1. The Balaban J connectivity index is 1.55. The second-order valence-corrected chi connectivity index (χ2v) is 8.11. The molecule has 166 valence electrons. The normalized spacial score (nSPS) is 17.8. The Labute approximate surface area is 189 Å². The van der Waals surface area contributed by atoms with E-state index in [2.05, 4.69) is 15.6 Å². The third-order valence-electron chi connectivity index (χ3n) is 6.04. The molecule has 1 fully saturated rings. The minimum absolute atomic E-state index is 0.0127. The predicted molar refractivity (Wildman–Crippen MR) is 123 cm³/mol. The van der Waals surface area contributed by atoms with Crippen LogP contribution in [0.2, 0.25) is 0 Å². The third kappa shape index (κ3) is 3.45. The Kier molecular flexibility index (Phi) is 4.78. The number of rotatable bonds is 5. The minimum Gasteiger partial charge on any atom is -0.497 e. The largest absolute Gasteiger partial charge is 0.497 e. The smallest absolute Gasteiger partial charge is 0.322 e. The predicted octanol–water partition coefficient (Wildman–Crippen LogP) is 3.46. The highest BCUT2D eigenvalue weighted by atomic mass is 16.5. The van der Waals surface area contributed by atoms with Gasteiger partial charge in [-0.3, -0.25) is 15.1 Å². The maximum Gasteiger partial charge on any atom is 0.322 e. The van der Waals surface area contributed by atoms with Crippen LogP contribution in [0.1, 0.15) is 11.3 Å². The van der Waals surface area contributed by atoms with Crippen molar-refractivity contribution in [2.75, 3.05) is 7.11 Å². The first-order chi connectivity index (χ1) is 15.9. The van der Waals surface area contributed by atoms with E-state index in [1.807, 2.05) is 49.4 Å². The van der Waals surface area contributed by atoms with Gasteiger partial charge in [-0.2, -0.15) is 0 Å². The summed E-state index contributed by atoms with van der Waals surface area (Å²) >= 11 is 0. The van der Waals surface area contributed by atoms with Crippen LogP contribution in [0, 0.1) is 6.92 Å². The molecule has 0 saturated carbocycles. The van der Waals surface area contributed by atoms with Gasteiger partial charge in [-0.05, 0) is 42.3 Å². The van der Waals surface area contributed by atoms with Gasteiger partial charge in [-0.15, -0.1) is 0 Å². The second kappa shape index (κ2) is 7.67. The number of pyridine rings is 1. The Hall–Kier alpha value is -4.33. The summed E-state index contributed by atoms with van der Waals surface area (Å²) in [5.74, 6) is 0.116. The molecule has 33 heavy (non-hydrogen) atoms. The number of hydrogen-bond acceptors (Lipinski definition) is 5. The molecule has 0 unspecified atom stereocenters. The average molecular weight is 442 g/mol. The third-order valence-corrected chi connectivity index (χ3v) is 6.04. The lowest BCUT2D eigenvalue weighted by Crippen LogP contribution is -2.47. The molecule has 3 N–H and O–H groups in total. The van der Waals surface area contributed by atoms with Crippen molar-refractivity contribution < 1.29 is 19.4 Å². The van der Waals surface area contributed by atoms with Gasteiger partial charge in [0.2, 0.25) is 0 Å². The highest BCUT2D eigenvalue weighted by molar-refractivity contribution is 6.07. The lowest BCUT2D eigenvalue weighted by Gasteiger charge is -2.27. The number of ether oxygens (including phenoxy) is 1. The Morgan fingerprint density at radius 1 is 1.06 bits per heavy atom. The topological polar surface area (TPSA) is 105 Å². The molecule has 0 spiro atoms. The Morgan fingerprint density at radius 2 is 1.82 bits per heavy atom. The van der Waals surface area contributed by atoms with E-state index in [9.17, 15) is 14.7 Å². The SMILES string of the molecule is COc1ccc2cn(C[C@@]3(c4ccc(-c5ccc(C)nc5)cc4)NC(=O)NC3=O)c(O)c2c1. The summed E-state index contributed by atoms with van der Waals surface area (Å²) in [6.07, 6.45) is 3.54. The molecule has 4 aromatic rings. The number of hydrogen-bond donors (Lipinski definition) is 3. The molecular formula is C25H22N4O4. The molecule has 3 heterocycles. The first-order valence-electron chi connectivity index (χ1n) is 10.4. The molecule has 5 rings (SSSR count). The molecule has 2 aromatic carbocycles. The number of nitrogens with zero attached hydrogens (tertiary/aromatic N) is 2. The van der Waals surface area contributed by atoms with Crippen LogP contribution in [0.5, 0.6) is 11.6 Å². The number of aromatic hydroxyl groups is 1. The van der Waals surface area contributed by atoms with Crippen molar-refractivity contribution in [3.63, 3.8) is 0 Å². The van der Waals surface area contributed by atoms with E-state index in [-0.39, 0.29) is 12.4 Å². The summed E-state index contributed by atoms with van der Waals surface area (Å²) in [6.45, 7) is 1.94. The molecular weight excluding hydrogens is 420 g/mol. The highest BCUT2D eigenvalue weighted by Crippen LogP contribution is 2.35. The molecule has 0 bridgehead atoms. The van der Waals surface area contributed by atoms with Crippen LogP contribution >= 0.6 is 0 Å². The van der Waals surface area contributed by atoms with Crippen molar-refractivity contribution in [3.05, 3.63) is 78.2 Å². The van der Waals surface area contributed by atoms with Gasteiger partial charge >= 0.3 is 6.03 Å². The van der Waals surface area contributed by atoms with Crippen LogP contribution in [0.15, 0.2) is 67.0 Å². The van der Waals surface area contributed by atoms with Crippen LogP contribution in [0.3, 0.4) is 0 Å². The monoisotopic (exact) mass is 442 g/mol. The molecule has 8 nitrogen and oxygen atoms in total. The van der Waals surface area contributed by atoms with E-state index in [1.54, 1.807) is 36.2 Å².